The standard InChI is InChI=1S/C12H18O4S/c1-4-8(2)6-17(15)7-10-5-11(12(13)14)16-9(10)3/h5,8H,4,6-7H2,1-3H3,(H,13,14). The Balaban J connectivity index is 2.68. The molecule has 0 spiro atoms. The van der Waals surface area contributed by atoms with E-state index in [9.17, 15) is 9.00 Å². The fourth-order valence-electron chi connectivity index (χ4n) is 1.44. The predicted octanol–water partition coefficient (Wildman–Crippen LogP) is 2.58. The van der Waals surface area contributed by atoms with Gasteiger partial charge < -0.3 is 9.52 Å². The minimum atomic E-state index is -1.09. The van der Waals surface area contributed by atoms with Crippen molar-refractivity contribution < 1.29 is 18.5 Å². The van der Waals surface area contributed by atoms with E-state index in [1.807, 2.05) is 0 Å². The normalized spacial score (nSPS) is 14.5. The van der Waals surface area contributed by atoms with Gasteiger partial charge in [-0.3, -0.25) is 4.21 Å². The van der Waals surface area contributed by atoms with Crippen LogP contribution < -0.4 is 0 Å². The van der Waals surface area contributed by atoms with Gasteiger partial charge in [0.05, 0.1) is 5.75 Å². The number of hydrogen-bond acceptors (Lipinski definition) is 3. The van der Waals surface area contributed by atoms with Gasteiger partial charge in [0.15, 0.2) is 0 Å². The third-order valence-electron chi connectivity index (χ3n) is 2.72. The predicted molar refractivity (Wildman–Crippen MR) is 66.6 cm³/mol. The van der Waals surface area contributed by atoms with Crippen LogP contribution in [0.25, 0.3) is 0 Å². The zero-order valence-corrected chi connectivity index (χ0v) is 11.2. The Morgan fingerprint density at radius 2 is 2.24 bits per heavy atom. The maximum Gasteiger partial charge on any atom is 0.371 e. The molecule has 0 aliphatic heterocycles. The van der Waals surface area contributed by atoms with E-state index in [1.165, 1.54) is 6.07 Å². The van der Waals surface area contributed by atoms with Crippen molar-refractivity contribution >= 4 is 16.8 Å². The summed E-state index contributed by atoms with van der Waals surface area (Å²) in [6.07, 6.45) is 0.997. The van der Waals surface area contributed by atoms with Gasteiger partial charge in [0, 0.05) is 22.1 Å². The Morgan fingerprint density at radius 3 is 2.71 bits per heavy atom. The molecule has 0 saturated heterocycles. The summed E-state index contributed by atoms with van der Waals surface area (Å²) in [5.41, 5.74) is 0.726. The molecule has 0 amide bonds. The Morgan fingerprint density at radius 1 is 1.59 bits per heavy atom. The summed E-state index contributed by atoms with van der Waals surface area (Å²) in [6, 6.07) is 1.46. The lowest BCUT2D eigenvalue weighted by atomic mass is 10.2. The molecule has 1 N–H and O–H groups in total. The number of rotatable bonds is 6. The topological polar surface area (TPSA) is 67.5 Å². The molecule has 17 heavy (non-hydrogen) atoms. The maximum atomic E-state index is 11.8. The van der Waals surface area contributed by atoms with E-state index >= 15 is 0 Å². The van der Waals surface area contributed by atoms with Crippen molar-refractivity contribution in [3.8, 4) is 0 Å². The third kappa shape index (κ3) is 4.00. The molecule has 2 unspecified atom stereocenters. The van der Waals surface area contributed by atoms with Crippen LogP contribution in [0.4, 0.5) is 0 Å². The summed E-state index contributed by atoms with van der Waals surface area (Å²) in [7, 11) is -0.964. The van der Waals surface area contributed by atoms with Crippen LogP contribution in [0, 0.1) is 12.8 Å². The Labute approximate surface area is 103 Å². The summed E-state index contributed by atoms with van der Waals surface area (Å²) < 4.78 is 16.9. The molecule has 0 bridgehead atoms. The number of aryl methyl sites for hydroxylation is 1. The molecule has 0 radical (unpaired) electrons. The molecule has 2 atom stereocenters. The van der Waals surface area contributed by atoms with E-state index < -0.39 is 16.8 Å². The van der Waals surface area contributed by atoms with E-state index in [0.717, 1.165) is 12.0 Å². The summed E-state index contributed by atoms with van der Waals surface area (Å²) in [4.78, 5) is 10.7. The highest BCUT2D eigenvalue weighted by Gasteiger charge is 2.15. The average molecular weight is 258 g/mol. The molecule has 1 aromatic heterocycles. The molecule has 0 aliphatic carbocycles. The first-order chi connectivity index (χ1) is 7.93. The average Bonchev–Trinajstić information content (AvgIpc) is 2.60. The van der Waals surface area contributed by atoms with Crippen molar-refractivity contribution in [1.82, 2.24) is 0 Å². The second-order valence-electron chi connectivity index (χ2n) is 4.26. The van der Waals surface area contributed by atoms with Crippen LogP contribution >= 0.6 is 0 Å². The van der Waals surface area contributed by atoms with Crippen molar-refractivity contribution in [3.05, 3.63) is 23.2 Å². The van der Waals surface area contributed by atoms with E-state index in [-0.39, 0.29) is 5.76 Å². The third-order valence-corrected chi connectivity index (χ3v) is 4.29. The number of carboxylic acids is 1. The summed E-state index contributed by atoms with van der Waals surface area (Å²) >= 11 is 0. The fourth-order valence-corrected chi connectivity index (χ4v) is 3.06. The van der Waals surface area contributed by atoms with Crippen molar-refractivity contribution in [3.63, 3.8) is 0 Å². The van der Waals surface area contributed by atoms with Gasteiger partial charge in [-0.25, -0.2) is 4.79 Å². The van der Waals surface area contributed by atoms with Crippen LogP contribution in [0.1, 0.15) is 42.1 Å². The Hall–Kier alpha value is -1.10. The largest absolute Gasteiger partial charge is 0.475 e. The van der Waals surface area contributed by atoms with E-state index in [1.54, 1.807) is 6.92 Å². The van der Waals surface area contributed by atoms with Gasteiger partial charge in [-0.1, -0.05) is 20.3 Å². The number of hydrogen-bond donors (Lipinski definition) is 1. The van der Waals surface area contributed by atoms with Crippen LogP contribution in [0.2, 0.25) is 0 Å². The monoisotopic (exact) mass is 258 g/mol. The molecule has 4 nitrogen and oxygen atoms in total. The second kappa shape index (κ2) is 6.00. The molecule has 1 rings (SSSR count). The van der Waals surface area contributed by atoms with Gasteiger partial charge >= 0.3 is 5.97 Å². The molecule has 96 valence electrons. The van der Waals surface area contributed by atoms with Crippen molar-refractivity contribution in [2.75, 3.05) is 5.75 Å². The molecule has 1 aromatic rings. The fraction of sp³-hybridized carbons (Fsp3) is 0.583. The highest BCUT2D eigenvalue weighted by Crippen LogP contribution is 2.17. The Bertz CT molecular complexity index is 422. The van der Waals surface area contributed by atoms with Crippen LogP contribution in [0.3, 0.4) is 0 Å². The lowest BCUT2D eigenvalue weighted by molar-refractivity contribution is 0.0661. The SMILES string of the molecule is CCC(C)CS(=O)Cc1cc(C(=O)O)oc1C. The van der Waals surface area contributed by atoms with Gasteiger partial charge in [-0.05, 0) is 18.9 Å². The molecular formula is C12H18O4S. The smallest absolute Gasteiger partial charge is 0.371 e. The van der Waals surface area contributed by atoms with Gasteiger partial charge in [-0.2, -0.15) is 0 Å². The van der Waals surface area contributed by atoms with E-state index in [2.05, 4.69) is 13.8 Å². The van der Waals surface area contributed by atoms with Crippen molar-refractivity contribution in [2.45, 2.75) is 32.9 Å². The summed E-state index contributed by atoms with van der Waals surface area (Å²) in [5, 5.41) is 8.77. The first-order valence-electron chi connectivity index (χ1n) is 5.61. The van der Waals surface area contributed by atoms with Gasteiger partial charge in [0.25, 0.3) is 0 Å². The summed E-state index contributed by atoms with van der Waals surface area (Å²) in [6.45, 7) is 5.82. The highest BCUT2D eigenvalue weighted by molar-refractivity contribution is 7.84. The molecular weight excluding hydrogens is 240 g/mol. The van der Waals surface area contributed by atoms with Gasteiger partial charge in [0.1, 0.15) is 5.76 Å². The van der Waals surface area contributed by atoms with E-state index in [4.69, 9.17) is 9.52 Å². The Kier molecular flexibility index (Phi) is 4.93. The van der Waals surface area contributed by atoms with Crippen LogP contribution in [-0.2, 0) is 16.6 Å². The highest BCUT2D eigenvalue weighted by atomic mass is 32.2. The first kappa shape index (κ1) is 14.0. The van der Waals surface area contributed by atoms with Crippen molar-refractivity contribution in [1.29, 1.82) is 0 Å². The number of carboxylic acid groups (broad SMARTS) is 1. The molecule has 1 heterocycles. The first-order valence-corrected chi connectivity index (χ1v) is 7.10. The summed E-state index contributed by atoms with van der Waals surface area (Å²) in [5.74, 6) is 0.795. The number of aromatic carboxylic acids is 1. The molecule has 0 aliphatic rings. The van der Waals surface area contributed by atoms with E-state index in [0.29, 0.717) is 23.2 Å². The zero-order chi connectivity index (χ0) is 13.0. The van der Waals surface area contributed by atoms with Gasteiger partial charge in [-0.15, -0.1) is 0 Å². The molecule has 0 saturated carbocycles. The zero-order valence-electron chi connectivity index (χ0n) is 10.4. The second-order valence-corrected chi connectivity index (χ2v) is 5.76. The quantitative estimate of drug-likeness (QED) is 0.851. The van der Waals surface area contributed by atoms with Crippen LogP contribution in [-0.4, -0.2) is 21.0 Å². The van der Waals surface area contributed by atoms with Crippen LogP contribution in [0.5, 0.6) is 0 Å². The maximum absolute atomic E-state index is 11.8. The molecule has 0 aromatic carbocycles. The molecule has 0 fully saturated rings. The lowest BCUT2D eigenvalue weighted by Gasteiger charge is -2.07. The molecule has 5 heteroatoms. The lowest BCUT2D eigenvalue weighted by Crippen LogP contribution is -2.08. The number of furan rings is 1. The van der Waals surface area contributed by atoms with Gasteiger partial charge in [0.2, 0.25) is 5.76 Å². The minimum Gasteiger partial charge on any atom is -0.475 e. The van der Waals surface area contributed by atoms with Crippen LogP contribution in [0.15, 0.2) is 10.5 Å². The number of carbonyl (C=O) groups is 1. The minimum absolute atomic E-state index is 0.0851. The van der Waals surface area contributed by atoms with Crippen molar-refractivity contribution in [2.24, 2.45) is 5.92 Å².